The molecular formula is C29H38LiNO4S. The van der Waals surface area contributed by atoms with Crippen LogP contribution in [0.3, 0.4) is 0 Å². The summed E-state index contributed by atoms with van der Waals surface area (Å²) in [5, 5.41) is 14.2. The van der Waals surface area contributed by atoms with Crippen molar-refractivity contribution in [1.29, 1.82) is 0 Å². The monoisotopic (exact) mass is 503 g/mol. The van der Waals surface area contributed by atoms with E-state index in [4.69, 9.17) is 4.74 Å². The second-order valence-corrected chi connectivity index (χ2v) is 10.5. The van der Waals surface area contributed by atoms with Gasteiger partial charge in [0.25, 0.3) is 5.91 Å². The zero-order chi connectivity index (χ0) is 25.0. The van der Waals surface area contributed by atoms with Crippen LogP contribution in [0.4, 0.5) is 0 Å². The number of carboxylic acids is 1. The first-order chi connectivity index (χ1) is 17.0. The number of carbonyl (C=O) groups excluding carboxylic acids is 2. The Morgan fingerprint density at radius 2 is 1.83 bits per heavy atom. The van der Waals surface area contributed by atoms with Crippen molar-refractivity contribution in [3.8, 4) is 16.9 Å². The Bertz CT molecular complexity index is 977. The zero-order valence-electron chi connectivity index (χ0n) is 22.0. The van der Waals surface area contributed by atoms with Gasteiger partial charge >= 0.3 is 18.9 Å². The molecule has 1 atom stereocenters. The van der Waals surface area contributed by atoms with Crippen molar-refractivity contribution < 1.29 is 38.3 Å². The first-order valence-corrected chi connectivity index (χ1v) is 14.2. The molecule has 7 heteroatoms. The van der Waals surface area contributed by atoms with Gasteiger partial charge in [-0.25, -0.2) is 0 Å². The summed E-state index contributed by atoms with van der Waals surface area (Å²) in [6.45, 7) is 2.64. The average molecular weight is 504 g/mol. The van der Waals surface area contributed by atoms with E-state index in [1.807, 2.05) is 43.5 Å². The fraction of sp³-hybridized carbons (Fsp3) is 0.517. The fourth-order valence-electron chi connectivity index (χ4n) is 4.83. The fourth-order valence-corrected chi connectivity index (χ4v) is 5.30. The summed E-state index contributed by atoms with van der Waals surface area (Å²) in [6, 6.07) is 12.3. The van der Waals surface area contributed by atoms with E-state index in [2.05, 4.69) is 5.32 Å². The molecule has 0 aromatic heterocycles. The maximum Gasteiger partial charge on any atom is 1.00 e. The van der Waals surface area contributed by atoms with Gasteiger partial charge in [-0.05, 0) is 79.0 Å². The van der Waals surface area contributed by atoms with Crippen molar-refractivity contribution in [2.75, 3.05) is 18.6 Å². The normalized spacial score (nSPS) is 14.5. The SMILES string of the molecule is CSCC[C@H](NC(=O)c1ccc(OCCCCC2CCCCC2)cc1-c1ccccc1C)C(=O)[O-].[Li+]. The molecule has 190 valence electrons. The Kier molecular flexibility index (Phi) is 13.5. The zero-order valence-corrected chi connectivity index (χ0v) is 22.8. The standard InChI is InChI=1S/C29H39NO4S.Li/c1-21-10-6-7-14-24(21)26-20-23(34-18-9-8-13-22-11-4-3-5-12-22)15-16-25(26)28(31)30-27(29(32)33)17-19-35-2;/h6-7,10,14-16,20,22,27H,3-5,8-9,11-13,17-19H2,1-2H3,(H,30,31)(H,32,33);/q;+1/p-1/t27-;/m0./s1. The van der Waals surface area contributed by atoms with Crippen LogP contribution >= 0.6 is 11.8 Å². The van der Waals surface area contributed by atoms with Crippen LogP contribution in [0.15, 0.2) is 42.5 Å². The van der Waals surface area contributed by atoms with Crippen LogP contribution in [0.25, 0.3) is 11.1 Å². The molecular weight excluding hydrogens is 465 g/mol. The van der Waals surface area contributed by atoms with E-state index in [1.165, 1.54) is 56.7 Å². The molecule has 2 aromatic rings. The molecule has 36 heavy (non-hydrogen) atoms. The average Bonchev–Trinajstić information content (AvgIpc) is 2.87. The van der Waals surface area contributed by atoms with E-state index in [1.54, 1.807) is 12.1 Å². The number of carboxylic acid groups (broad SMARTS) is 1. The van der Waals surface area contributed by atoms with Gasteiger partial charge in [0.15, 0.2) is 0 Å². The Hall–Kier alpha value is -1.87. The number of hydrogen-bond donors (Lipinski definition) is 1. The summed E-state index contributed by atoms with van der Waals surface area (Å²) < 4.78 is 6.07. The molecule has 0 radical (unpaired) electrons. The number of rotatable bonds is 13. The first kappa shape index (κ1) is 30.4. The minimum Gasteiger partial charge on any atom is -0.548 e. The quantitative estimate of drug-likeness (QED) is 0.336. The third kappa shape index (κ3) is 9.21. The van der Waals surface area contributed by atoms with Crippen molar-refractivity contribution in [3.05, 3.63) is 53.6 Å². The van der Waals surface area contributed by atoms with Crippen LogP contribution in [0.2, 0.25) is 0 Å². The second-order valence-electron chi connectivity index (χ2n) is 9.50. The molecule has 5 nitrogen and oxygen atoms in total. The number of thioether (sulfide) groups is 1. The predicted molar refractivity (Wildman–Crippen MR) is 142 cm³/mol. The topological polar surface area (TPSA) is 78.5 Å². The Morgan fingerprint density at radius 3 is 2.53 bits per heavy atom. The van der Waals surface area contributed by atoms with Gasteiger partial charge in [0, 0.05) is 5.56 Å². The summed E-state index contributed by atoms with van der Waals surface area (Å²) in [5.41, 5.74) is 3.13. The summed E-state index contributed by atoms with van der Waals surface area (Å²) in [7, 11) is 0. The van der Waals surface area contributed by atoms with Gasteiger partial charge in [-0.2, -0.15) is 11.8 Å². The van der Waals surface area contributed by atoms with Gasteiger partial charge in [-0.3, -0.25) is 4.79 Å². The number of unbranched alkanes of at least 4 members (excludes halogenated alkanes) is 1. The molecule has 3 rings (SSSR count). The van der Waals surface area contributed by atoms with Crippen molar-refractivity contribution in [2.45, 2.75) is 70.8 Å². The molecule has 2 aromatic carbocycles. The predicted octanol–water partition coefficient (Wildman–Crippen LogP) is 2.40. The van der Waals surface area contributed by atoms with E-state index >= 15 is 0 Å². The number of aliphatic carboxylic acids is 1. The van der Waals surface area contributed by atoms with Crippen LogP contribution < -0.4 is 34.0 Å². The third-order valence-electron chi connectivity index (χ3n) is 6.87. The summed E-state index contributed by atoms with van der Waals surface area (Å²) in [6.07, 6.45) is 12.6. The second kappa shape index (κ2) is 16.1. The summed E-state index contributed by atoms with van der Waals surface area (Å²) in [4.78, 5) is 24.7. The van der Waals surface area contributed by atoms with Gasteiger partial charge in [-0.15, -0.1) is 0 Å². The third-order valence-corrected chi connectivity index (χ3v) is 7.52. The van der Waals surface area contributed by atoms with Crippen LogP contribution in [0, 0.1) is 12.8 Å². The summed E-state index contributed by atoms with van der Waals surface area (Å²) >= 11 is 1.53. The van der Waals surface area contributed by atoms with Crippen molar-refractivity contribution in [1.82, 2.24) is 5.32 Å². The maximum atomic E-state index is 13.1. The van der Waals surface area contributed by atoms with Crippen molar-refractivity contribution in [2.24, 2.45) is 5.92 Å². The molecule has 1 aliphatic rings. The number of nitrogens with one attached hydrogen (secondary N) is 1. The smallest absolute Gasteiger partial charge is 0.548 e. The van der Waals surface area contributed by atoms with Crippen LogP contribution in [-0.4, -0.2) is 36.5 Å². The number of carbonyl (C=O) groups is 2. The van der Waals surface area contributed by atoms with Crippen molar-refractivity contribution >= 4 is 23.6 Å². The van der Waals surface area contributed by atoms with Crippen LogP contribution in [-0.2, 0) is 4.79 Å². The van der Waals surface area contributed by atoms with Gasteiger partial charge < -0.3 is 20.0 Å². The molecule has 0 bridgehead atoms. The molecule has 0 aliphatic heterocycles. The number of hydrogen-bond acceptors (Lipinski definition) is 5. The molecule has 1 N–H and O–H groups in total. The van der Waals surface area contributed by atoms with Gasteiger partial charge in [0.05, 0.1) is 18.6 Å². The van der Waals surface area contributed by atoms with Crippen LogP contribution in [0.1, 0.15) is 73.7 Å². The van der Waals surface area contributed by atoms with E-state index in [0.717, 1.165) is 34.8 Å². The van der Waals surface area contributed by atoms with E-state index < -0.39 is 17.9 Å². The van der Waals surface area contributed by atoms with E-state index in [9.17, 15) is 14.7 Å². The first-order valence-electron chi connectivity index (χ1n) is 12.8. The molecule has 1 saturated carbocycles. The minimum atomic E-state index is -1.27. The van der Waals surface area contributed by atoms with Gasteiger partial charge in [0.1, 0.15) is 5.75 Å². The molecule has 1 fully saturated rings. The molecule has 0 spiro atoms. The van der Waals surface area contributed by atoms with Gasteiger partial charge in [0.2, 0.25) is 0 Å². The molecule has 1 amide bonds. The van der Waals surface area contributed by atoms with Crippen LogP contribution in [0.5, 0.6) is 5.75 Å². The van der Waals surface area contributed by atoms with Crippen molar-refractivity contribution in [3.63, 3.8) is 0 Å². The number of ether oxygens (including phenoxy) is 1. The molecule has 0 saturated heterocycles. The maximum absolute atomic E-state index is 13.1. The molecule has 0 unspecified atom stereocenters. The number of amides is 1. The molecule has 0 heterocycles. The summed E-state index contributed by atoms with van der Waals surface area (Å²) in [5.74, 6) is 0.541. The Morgan fingerprint density at radius 1 is 1.08 bits per heavy atom. The van der Waals surface area contributed by atoms with E-state index in [0.29, 0.717) is 24.3 Å². The van der Waals surface area contributed by atoms with E-state index in [-0.39, 0.29) is 18.9 Å². The van der Waals surface area contributed by atoms with Gasteiger partial charge in [-0.1, -0.05) is 62.8 Å². The molecule has 1 aliphatic carbocycles. The Balaban J connectivity index is 0.00000456. The number of aryl methyl sites for hydroxylation is 1. The largest absolute Gasteiger partial charge is 1.00 e. The number of benzene rings is 2. The minimum absolute atomic E-state index is 0. The Labute approximate surface area is 232 Å².